The van der Waals surface area contributed by atoms with Crippen molar-refractivity contribution >= 4 is 27.3 Å². The normalized spacial score (nSPS) is 13.0. The first-order valence-electron chi connectivity index (χ1n) is 4.58. The van der Waals surface area contributed by atoms with E-state index in [1.165, 1.54) is 4.88 Å². The summed E-state index contributed by atoms with van der Waals surface area (Å²) in [6.07, 6.45) is 3.54. The summed E-state index contributed by atoms with van der Waals surface area (Å²) in [5, 5.41) is 4.09. The number of nitrogens with one attached hydrogen (secondary N) is 1. The van der Waals surface area contributed by atoms with E-state index >= 15 is 0 Å². The molecule has 0 spiro atoms. The molecule has 15 heavy (non-hydrogen) atoms. The lowest BCUT2D eigenvalue weighted by molar-refractivity contribution is 0.580. The minimum absolute atomic E-state index is 0.324. The number of hydrogen-bond acceptors (Lipinski definition) is 4. The molecule has 0 fully saturated rings. The summed E-state index contributed by atoms with van der Waals surface area (Å²) in [6.45, 7) is 2.11. The number of halogens is 1. The third-order valence-corrected chi connectivity index (χ3v) is 4.00. The van der Waals surface area contributed by atoms with E-state index in [2.05, 4.69) is 33.2 Å². The van der Waals surface area contributed by atoms with Crippen molar-refractivity contribution in [2.24, 2.45) is 0 Å². The van der Waals surface area contributed by atoms with Gasteiger partial charge in [0.15, 0.2) is 10.8 Å². The molecule has 5 heteroatoms. The van der Waals surface area contributed by atoms with Gasteiger partial charge in [0.1, 0.15) is 0 Å². The molecule has 2 rings (SSSR count). The number of furan rings is 1. The largest absolute Gasteiger partial charge is 0.461 e. The van der Waals surface area contributed by atoms with E-state index in [0.29, 0.717) is 6.04 Å². The Balaban J connectivity index is 2.32. The van der Waals surface area contributed by atoms with Gasteiger partial charge in [-0.3, -0.25) is 0 Å². The third kappa shape index (κ3) is 2.14. The van der Waals surface area contributed by atoms with Gasteiger partial charge in [0.2, 0.25) is 0 Å². The second-order valence-corrected chi connectivity index (χ2v) is 5.09. The molecule has 1 atom stereocenters. The van der Waals surface area contributed by atoms with Crippen LogP contribution in [0.15, 0.2) is 27.4 Å². The Kier molecular flexibility index (Phi) is 3.23. The van der Waals surface area contributed by atoms with Crippen LogP contribution in [0.4, 0.5) is 0 Å². The SMILES string of the molecule is CNC(C)c1cnc(-c2occc2Br)s1. The van der Waals surface area contributed by atoms with Crippen LogP contribution in [-0.2, 0) is 0 Å². The summed E-state index contributed by atoms with van der Waals surface area (Å²) in [7, 11) is 1.94. The van der Waals surface area contributed by atoms with Crippen molar-refractivity contribution < 1.29 is 4.42 Å². The average molecular weight is 287 g/mol. The van der Waals surface area contributed by atoms with Crippen molar-refractivity contribution in [1.29, 1.82) is 0 Å². The van der Waals surface area contributed by atoms with Gasteiger partial charge in [-0.05, 0) is 36.0 Å². The van der Waals surface area contributed by atoms with Gasteiger partial charge in [-0.15, -0.1) is 11.3 Å². The Morgan fingerprint density at radius 1 is 1.60 bits per heavy atom. The molecule has 0 aliphatic heterocycles. The molecule has 0 saturated heterocycles. The standard InChI is InChI=1S/C10H11BrN2OS/c1-6(12-2)8-5-13-10(15-8)9-7(11)3-4-14-9/h3-6,12H,1-2H3. The lowest BCUT2D eigenvalue weighted by Crippen LogP contribution is -2.10. The topological polar surface area (TPSA) is 38.1 Å². The van der Waals surface area contributed by atoms with Crippen molar-refractivity contribution in [1.82, 2.24) is 10.3 Å². The van der Waals surface area contributed by atoms with Gasteiger partial charge in [0.05, 0.1) is 10.7 Å². The zero-order valence-electron chi connectivity index (χ0n) is 8.45. The van der Waals surface area contributed by atoms with Crippen LogP contribution < -0.4 is 5.32 Å². The maximum atomic E-state index is 5.36. The molecule has 0 saturated carbocycles. The van der Waals surface area contributed by atoms with Crippen LogP contribution in [0.2, 0.25) is 0 Å². The van der Waals surface area contributed by atoms with Crippen LogP contribution in [-0.4, -0.2) is 12.0 Å². The fourth-order valence-electron chi connectivity index (χ4n) is 1.18. The molecule has 0 aromatic carbocycles. The van der Waals surface area contributed by atoms with Gasteiger partial charge >= 0.3 is 0 Å². The lowest BCUT2D eigenvalue weighted by atomic mass is 10.3. The zero-order chi connectivity index (χ0) is 10.8. The summed E-state index contributed by atoms with van der Waals surface area (Å²) in [4.78, 5) is 5.55. The molecule has 80 valence electrons. The molecular weight excluding hydrogens is 276 g/mol. The second kappa shape index (κ2) is 4.47. The van der Waals surface area contributed by atoms with Crippen LogP contribution in [0.1, 0.15) is 17.8 Å². The zero-order valence-corrected chi connectivity index (χ0v) is 10.9. The van der Waals surface area contributed by atoms with E-state index in [1.807, 2.05) is 19.3 Å². The molecule has 0 radical (unpaired) electrons. The smallest absolute Gasteiger partial charge is 0.176 e. The molecule has 0 amide bonds. The van der Waals surface area contributed by atoms with Gasteiger partial charge in [0.25, 0.3) is 0 Å². The number of aromatic nitrogens is 1. The Hall–Kier alpha value is -0.650. The average Bonchev–Trinajstić information content (AvgIpc) is 2.84. The van der Waals surface area contributed by atoms with E-state index in [4.69, 9.17) is 4.42 Å². The van der Waals surface area contributed by atoms with Crippen molar-refractivity contribution in [2.45, 2.75) is 13.0 Å². The van der Waals surface area contributed by atoms with Crippen molar-refractivity contribution in [3.05, 3.63) is 27.9 Å². The molecule has 2 aromatic rings. The van der Waals surface area contributed by atoms with E-state index < -0.39 is 0 Å². The fraction of sp³-hybridized carbons (Fsp3) is 0.300. The van der Waals surface area contributed by atoms with Crippen LogP contribution in [0, 0.1) is 0 Å². The Morgan fingerprint density at radius 2 is 2.40 bits per heavy atom. The molecule has 3 nitrogen and oxygen atoms in total. The quantitative estimate of drug-likeness (QED) is 0.939. The summed E-state index contributed by atoms with van der Waals surface area (Å²) in [5.74, 6) is 0.801. The molecule has 0 aliphatic carbocycles. The summed E-state index contributed by atoms with van der Waals surface area (Å²) in [6, 6.07) is 2.20. The number of nitrogens with zero attached hydrogens (tertiary/aromatic N) is 1. The predicted octanol–water partition coefficient (Wildman–Crippen LogP) is 3.45. The van der Waals surface area contributed by atoms with Crippen molar-refractivity contribution in [3.63, 3.8) is 0 Å². The van der Waals surface area contributed by atoms with Crippen molar-refractivity contribution in [3.8, 4) is 10.8 Å². The van der Waals surface area contributed by atoms with Crippen LogP contribution in [0.5, 0.6) is 0 Å². The van der Waals surface area contributed by atoms with Gasteiger partial charge in [0, 0.05) is 17.1 Å². The molecule has 1 unspecified atom stereocenters. The van der Waals surface area contributed by atoms with Gasteiger partial charge < -0.3 is 9.73 Å². The first-order chi connectivity index (χ1) is 7.22. The minimum Gasteiger partial charge on any atom is -0.461 e. The predicted molar refractivity (Wildman–Crippen MR) is 65.0 cm³/mol. The van der Waals surface area contributed by atoms with Crippen LogP contribution >= 0.6 is 27.3 Å². The van der Waals surface area contributed by atoms with Crippen LogP contribution in [0.25, 0.3) is 10.8 Å². The second-order valence-electron chi connectivity index (χ2n) is 3.18. The first kappa shape index (κ1) is 10.9. The highest BCUT2D eigenvalue weighted by Crippen LogP contribution is 2.33. The van der Waals surface area contributed by atoms with Gasteiger partial charge in [-0.25, -0.2) is 4.98 Å². The number of rotatable bonds is 3. The summed E-state index contributed by atoms with van der Waals surface area (Å²) < 4.78 is 6.30. The van der Waals surface area contributed by atoms with E-state index in [0.717, 1.165) is 15.2 Å². The molecule has 0 bridgehead atoms. The Morgan fingerprint density at radius 3 is 3.00 bits per heavy atom. The fourth-order valence-corrected chi connectivity index (χ4v) is 2.68. The lowest BCUT2D eigenvalue weighted by Gasteiger charge is -2.04. The highest BCUT2D eigenvalue weighted by molar-refractivity contribution is 9.10. The van der Waals surface area contributed by atoms with E-state index in [-0.39, 0.29) is 0 Å². The Labute approximate surface area is 101 Å². The molecule has 1 N–H and O–H groups in total. The monoisotopic (exact) mass is 286 g/mol. The maximum absolute atomic E-state index is 5.36. The highest BCUT2D eigenvalue weighted by atomic mass is 79.9. The van der Waals surface area contributed by atoms with Gasteiger partial charge in [-0.1, -0.05) is 0 Å². The highest BCUT2D eigenvalue weighted by Gasteiger charge is 2.13. The molecular formula is C10H11BrN2OS. The number of hydrogen-bond donors (Lipinski definition) is 1. The Bertz CT molecular complexity index is 452. The van der Waals surface area contributed by atoms with Crippen LogP contribution in [0.3, 0.4) is 0 Å². The first-order valence-corrected chi connectivity index (χ1v) is 6.19. The maximum Gasteiger partial charge on any atom is 0.176 e. The third-order valence-electron chi connectivity index (χ3n) is 2.19. The molecule has 0 aliphatic rings. The van der Waals surface area contributed by atoms with E-state index in [9.17, 15) is 0 Å². The minimum atomic E-state index is 0.324. The molecule has 2 aromatic heterocycles. The van der Waals surface area contributed by atoms with E-state index in [1.54, 1.807) is 17.6 Å². The summed E-state index contributed by atoms with van der Waals surface area (Å²) >= 11 is 5.06. The molecule has 2 heterocycles. The van der Waals surface area contributed by atoms with Crippen molar-refractivity contribution in [2.75, 3.05) is 7.05 Å². The number of thiazole rings is 1. The van der Waals surface area contributed by atoms with Gasteiger partial charge in [-0.2, -0.15) is 0 Å². The summed E-state index contributed by atoms with van der Waals surface area (Å²) in [5.41, 5.74) is 0.